The minimum Gasteiger partial charge on any atom is -0.497 e. The second kappa shape index (κ2) is 8.00. The summed E-state index contributed by atoms with van der Waals surface area (Å²) in [5, 5.41) is 9.79. The summed E-state index contributed by atoms with van der Waals surface area (Å²) in [6, 6.07) is 10.6. The Morgan fingerprint density at radius 2 is 1.84 bits per heavy atom. The largest absolute Gasteiger partial charge is 0.497 e. The predicted molar refractivity (Wildman–Crippen MR) is 93.2 cm³/mol. The molecule has 0 radical (unpaired) electrons. The standard InChI is InChI=1S/C9H6N2OS.C8H8F3N/c12-9(13)8-2-1-6-5-10-4-3-7(6)11-8;9-8(10,11)7-4-2-1-3-6(7)5-12/h1-5H,(H,12,13);1-4H,5,12H2. The molecule has 130 valence electrons. The van der Waals surface area contributed by atoms with Gasteiger partial charge in [0.05, 0.1) is 11.1 Å². The lowest BCUT2D eigenvalue weighted by molar-refractivity contribution is -0.138. The monoisotopic (exact) mass is 365 g/mol. The Labute approximate surface area is 147 Å². The van der Waals surface area contributed by atoms with Gasteiger partial charge in [-0.3, -0.25) is 4.98 Å². The summed E-state index contributed by atoms with van der Waals surface area (Å²) in [7, 11) is 0. The van der Waals surface area contributed by atoms with Gasteiger partial charge in [-0.25, -0.2) is 4.98 Å². The zero-order valence-electron chi connectivity index (χ0n) is 12.9. The Kier molecular flexibility index (Phi) is 6.00. The van der Waals surface area contributed by atoms with Crippen LogP contribution in [0.5, 0.6) is 0 Å². The Balaban J connectivity index is 0.000000181. The topological polar surface area (TPSA) is 72.0 Å². The van der Waals surface area contributed by atoms with Gasteiger partial charge in [0.15, 0.2) is 0 Å². The number of nitrogens with zero attached hydrogens (tertiary/aromatic N) is 2. The highest BCUT2D eigenvalue weighted by molar-refractivity contribution is 7.80. The van der Waals surface area contributed by atoms with Crippen LogP contribution in [0.2, 0.25) is 0 Å². The molecule has 0 aliphatic carbocycles. The van der Waals surface area contributed by atoms with Crippen molar-refractivity contribution >= 4 is 28.2 Å². The van der Waals surface area contributed by atoms with Gasteiger partial charge in [-0.15, -0.1) is 0 Å². The van der Waals surface area contributed by atoms with E-state index in [2.05, 4.69) is 22.2 Å². The van der Waals surface area contributed by atoms with Crippen molar-refractivity contribution in [3.8, 4) is 0 Å². The van der Waals surface area contributed by atoms with Crippen molar-refractivity contribution in [2.45, 2.75) is 12.7 Å². The van der Waals surface area contributed by atoms with E-state index in [-0.39, 0.29) is 17.2 Å². The number of fused-ring (bicyclic) bond motifs is 1. The number of nitrogens with two attached hydrogens (primary N) is 1. The summed E-state index contributed by atoms with van der Waals surface area (Å²) in [4.78, 5) is 8.10. The van der Waals surface area contributed by atoms with Gasteiger partial charge in [-0.05, 0) is 42.0 Å². The van der Waals surface area contributed by atoms with Gasteiger partial charge in [-0.2, -0.15) is 13.2 Å². The van der Waals surface area contributed by atoms with Gasteiger partial charge in [0.25, 0.3) is 0 Å². The van der Waals surface area contributed by atoms with Crippen LogP contribution in [0.1, 0.15) is 16.8 Å². The highest BCUT2D eigenvalue weighted by Gasteiger charge is 2.32. The molecule has 0 bridgehead atoms. The van der Waals surface area contributed by atoms with E-state index in [1.165, 1.54) is 18.2 Å². The minimum absolute atomic E-state index is 0.0876. The molecule has 2 heterocycles. The lowest BCUT2D eigenvalue weighted by atomic mass is 10.1. The predicted octanol–water partition coefficient (Wildman–Crippen LogP) is 4.03. The molecule has 0 saturated carbocycles. The number of aliphatic hydroxyl groups is 1. The van der Waals surface area contributed by atoms with Crippen LogP contribution in [-0.4, -0.2) is 20.1 Å². The zero-order valence-corrected chi connectivity index (χ0v) is 13.7. The number of halogens is 3. The van der Waals surface area contributed by atoms with E-state index in [9.17, 15) is 13.2 Å². The maximum absolute atomic E-state index is 12.2. The van der Waals surface area contributed by atoms with Gasteiger partial charge in [0.1, 0.15) is 5.69 Å². The van der Waals surface area contributed by atoms with E-state index in [4.69, 9.17) is 10.8 Å². The average Bonchev–Trinajstić information content (AvgIpc) is 2.61. The Morgan fingerprint density at radius 1 is 1.12 bits per heavy atom. The van der Waals surface area contributed by atoms with Crippen LogP contribution in [0.3, 0.4) is 0 Å². The molecule has 0 fully saturated rings. The van der Waals surface area contributed by atoms with Crippen LogP contribution in [0.15, 0.2) is 54.9 Å². The molecule has 25 heavy (non-hydrogen) atoms. The van der Waals surface area contributed by atoms with Crippen LogP contribution >= 0.6 is 12.2 Å². The molecule has 3 aromatic rings. The first-order chi connectivity index (χ1) is 11.8. The fourth-order valence-corrected chi connectivity index (χ4v) is 2.17. The number of rotatable bonds is 2. The van der Waals surface area contributed by atoms with Crippen molar-refractivity contribution in [1.82, 2.24) is 9.97 Å². The minimum atomic E-state index is -4.30. The molecule has 0 aliphatic rings. The fourth-order valence-electron chi connectivity index (χ4n) is 2.06. The van der Waals surface area contributed by atoms with Crippen LogP contribution in [0.25, 0.3) is 10.9 Å². The molecule has 0 unspecified atom stereocenters. The van der Waals surface area contributed by atoms with Crippen LogP contribution in [0, 0.1) is 0 Å². The highest BCUT2D eigenvalue weighted by Crippen LogP contribution is 2.31. The van der Waals surface area contributed by atoms with Crippen LogP contribution in [-0.2, 0) is 12.7 Å². The van der Waals surface area contributed by atoms with Gasteiger partial charge < -0.3 is 10.8 Å². The molecule has 0 amide bonds. The van der Waals surface area contributed by atoms with Crippen molar-refractivity contribution < 1.29 is 18.3 Å². The second-order valence-electron chi connectivity index (χ2n) is 4.93. The molecular formula is C17H14F3N3OS. The molecule has 8 heteroatoms. The van der Waals surface area contributed by atoms with Gasteiger partial charge >= 0.3 is 6.18 Å². The number of alkyl halides is 3. The lowest BCUT2D eigenvalue weighted by Gasteiger charge is -2.10. The molecule has 4 nitrogen and oxygen atoms in total. The third-order valence-electron chi connectivity index (χ3n) is 3.25. The Morgan fingerprint density at radius 3 is 2.44 bits per heavy atom. The zero-order chi connectivity index (χ0) is 18.4. The maximum Gasteiger partial charge on any atom is 0.416 e. The summed E-state index contributed by atoms with van der Waals surface area (Å²) >= 11 is 4.60. The Hall–Kier alpha value is -2.58. The summed E-state index contributed by atoms with van der Waals surface area (Å²) < 4.78 is 36.5. The van der Waals surface area contributed by atoms with E-state index in [1.807, 2.05) is 6.07 Å². The second-order valence-corrected chi connectivity index (χ2v) is 5.32. The van der Waals surface area contributed by atoms with E-state index >= 15 is 0 Å². The first-order valence-corrected chi connectivity index (χ1v) is 7.53. The van der Waals surface area contributed by atoms with Crippen molar-refractivity contribution in [2.75, 3.05) is 0 Å². The quantitative estimate of drug-likeness (QED) is 0.671. The first kappa shape index (κ1) is 18.8. The molecule has 1 aromatic carbocycles. The molecule has 0 spiro atoms. The summed E-state index contributed by atoms with van der Waals surface area (Å²) in [5.74, 6) is 0. The summed E-state index contributed by atoms with van der Waals surface area (Å²) in [6.45, 7) is -0.0876. The molecule has 3 N–H and O–H groups in total. The average molecular weight is 365 g/mol. The summed E-state index contributed by atoms with van der Waals surface area (Å²) in [5.41, 5.74) is 5.84. The number of hydrogen-bond acceptors (Lipinski definition) is 4. The van der Waals surface area contributed by atoms with E-state index in [0.717, 1.165) is 17.0 Å². The van der Waals surface area contributed by atoms with E-state index in [0.29, 0.717) is 5.69 Å². The number of benzene rings is 1. The normalized spacial score (nSPS) is 10.9. The van der Waals surface area contributed by atoms with Gasteiger partial charge in [0, 0.05) is 24.3 Å². The van der Waals surface area contributed by atoms with Crippen molar-refractivity contribution in [1.29, 1.82) is 0 Å². The van der Waals surface area contributed by atoms with Crippen molar-refractivity contribution in [2.24, 2.45) is 5.73 Å². The number of aromatic nitrogens is 2. The van der Waals surface area contributed by atoms with Gasteiger partial charge in [0.2, 0.25) is 5.05 Å². The fraction of sp³-hybridized carbons (Fsp3) is 0.118. The number of thiocarbonyl (C=S) groups is 1. The lowest BCUT2D eigenvalue weighted by Crippen LogP contribution is -2.11. The number of pyridine rings is 2. The summed E-state index contributed by atoms with van der Waals surface area (Å²) in [6.07, 6.45) is -0.929. The maximum atomic E-state index is 12.2. The SMILES string of the molecule is NCc1ccccc1C(F)(F)F.OC(=S)c1ccc2cnccc2n1. The van der Waals surface area contributed by atoms with Crippen molar-refractivity contribution in [3.63, 3.8) is 0 Å². The molecule has 0 saturated heterocycles. The van der Waals surface area contributed by atoms with Crippen LogP contribution in [0.4, 0.5) is 13.2 Å². The number of aliphatic hydroxyl groups excluding tert-OH is 1. The molecule has 3 rings (SSSR count). The van der Waals surface area contributed by atoms with Crippen LogP contribution < -0.4 is 5.73 Å². The third-order valence-corrected chi connectivity index (χ3v) is 3.46. The highest BCUT2D eigenvalue weighted by atomic mass is 32.1. The molecular weight excluding hydrogens is 351 g/mol. The third kappa shape index (κ3) is 4.94. The first-order valence-electron chi connectivity index (χ1n) is 7.12. The van der Waals surface area contributed by atoms with E-state index < -0.39 is 11.7 Å². The van der Waals surface area contributed by atoms with Crippen molar-refractivity contribution in [3.05, 3.63) is 71.7 Å². The smallest absolute Gasteiger partial charge is 0.416 e. The number of hydrogen-bond donors (Lipinski definition) is 2. The van der Waals surface area contributed by atoms with Gasteiger partial charge in [-0.1, -0.05) is 18.2 Å². The Bertz CT molecular complexity index is 884. The molecule has 2 aromatic heterocycles. The van der Waals surface area contributed by atoms with E-state index in [1.54, 1.807) is 24.5 Å². The molecule has 0 aliphatic heterocycles. The molecule has 0 atom stereocenters.